The zero-order chi connectivity index (χ0) is 22.7. The molecule has 1 saturated heterocycles. The van der Waals surface area contributed by atoms with E-state index in [2.05, 4.69) is 4.90 Å². The molecule has 2 fully saturated rings. The Bertz CT molecular complexity index is 1110. The van der Waals surface area contributed by atoms with Crippen molar-refractivity contribution in [3.05, 3.63) is 35.5 Å². The lowest BCUT2D eigenvalue weighted by Crippen LogP contribution is -2.57. The summed E-state index contributed by atoms with van der Waals surface area (Å²) >= 11 is 0. The smallest absolute Gasteiger partial charge is 0.311 e. The molecule has 1 aromatic heterocycles. The minimum atomic E-state index is -0.722. The van der Waals surface area contributed by atoms with Gasteiger partial charge in [0.2, 0.25) is 5.91 Å². The molecule has 3 heterocycles. The van der Waals surface area contributed by atoms with Crippen LogP contribution in [0.25, 0.3) is 10.9 Å². The summed E-state index contributed by atoms with van der Waals surface area (Å²) in [5.41, 5.74) is 2.87. The highest BCUT2D eigenvalue weighted by molar-refractivity contribution is 5.96. The van der Waals surface area contributed by atoms with Gasteiger partial charge in [-0.1, -0.05) is 18.2 Å². The van der Waals surface area contributed by atoms with Crippen LogP contribution in [0.15, 0.2) is 24.3 Å². The molecule has 1 unspecified atom stereocenters. The second kappa shape index (κ2) is 8.85. The first kappa shape index (κ1) is 23.9. The van der Waals surface area contributed by atoms with E-state index in [-0.39, 0.29) is 54.0 Å². The fourth-order valence-corrected chi connectivity index (χ4v) is 6.71. The zero-order valence-electron chi connectivity index (χ0n) is 19.2. The lowest BCUT2D eigenvalue weighted by molar-refractivity contribution is -0.161. The first-order valence-electron chi connectivity index (χ1n) is 11.5. The summed E-state index contributed by atoms with van der Waals surface area (Å²) in [6, 6.07) is 7.45. The van der Waals surface area contributed by atoms with E-state index in [9.17, 15) is 19.5 Å². The van der Waals surface area contributed by atoms with E-state index in [1.807, 2.05) is 24.3 Å². The van der Waals surface area contributed by atoms with Crippen molar-refractivity contribution in [2.45, 2.75) is 57.7 Å². The van der Waals surface area contributed by atoms with E-state index in [4.69, 9.17) is 4.74 Å². The maximum absolute atomic E-state index is 12.8. The number of fused-ring (bicyclic) bond motifs is 6. The second-order valence-corrected chi connectivity index (χ2v) is 9.63. The third kappa shape index (κ3) is 3.61. The summed E-state index contributed by atoms with van der Waals surface area (Å²) in [5.74, 6) is -0.719. The number of carbonyl (C=O) groups is 3. The molecular formula is C25H31ClN2O5. The zero-order valence-corrected chi connectivity index (χ0v) is 20.0. The van der Waals surface area contributed by atoms with Gasteiger partial charge in [-0.3, -0.25) is 23.9 Å². The van der Waals surface area contributed by atoms with Gasteiger partial charge in [-0.15, -0.1) is 12.4 Å². The third-order valence-electron chi connectivity index (χ3n) is 8.05. The van der Waals surface area contributed by atoms with E-state index in [1.54, 1.807) is 18.4 Å². The molecule has 1 N–H and O–H groups in total. The monoisotopic (exact) mass is 474 g/mol. The minimum absolute atomic E-state index is 0. The number of ketones is 1. The van der Waals surface area contributed by atoms with E-state index < -0.39 is 12.0 Å². The first-order valence-corrected chi connectivity index (χ1v) is 11.5. The molecule has 6 atom stereocenters. The number of piperidine rings is 1. The van der Waals surface area contributed by atoms with Crippen molar-refractivity contribution in [2.75, 3.05) is 13.7 Å². The number of aliphatic hydroxyl groups excluding tert-OH is 1. The standard InChI is InChI=1S/C25H30N2O5.ClH/c1-13(28)20-11-18-16-6-4-5-7-19(16)27(14(2)29)24(18)21-10-17-15(12-26(20)21)8-9-22(30)23(17)25(31)32-3;/h4-7,15,17,20-23,30H,8-12H2,1-3H3;1H/t15-,17-,20?,21-,22-,23+;/m0./s1. The fraction of sp³-hybridized carbons (Fsp3) is 0.560. The molecule has 2 aliphatic heterocycles. The first-order chi connectivity index (χ1) is 15.3. The number of methoxy groups -OCH3 is 1. The number of ether oxygens (including phenoxy) is 1. The van der Waals surface area contributed by atoms with E-state index in [0.717, 1.165) is 28.6 Å². The largest absolute Gasteiger partial charge is 0.469 e. The van der Waals surface area contributed by atoms with Crippen molar-refractivity contribution in [2.24, 2.45) is 17.8 Å². The number of aliphatic hydroxyl groups is 1. The van der Waals surface area contributed by atoms with Gasteiger partial charge in [-0.25, -0.2) is 0 Å². The Labute approximate surface area is 199 Å². The van der Waals surface area contributed by atoms with Gasteiger partial charge in [0, 0.05) is 24.5 Å². The Morgan fingerprint density at radius 2 is 1.85 bits per heavy atom. The van der Waals surface area contributed by atoms with Gasteiger partial charge >= 0.3 is 5.97 Å². The molecule has 33 heavy (non-hydrogen) atoms. The van der Waals surface area contributed by atoms with Crippen LogP contribution in [0.5, 0.6) is 0 Å². The highest BCUT2D eigenvalue weighted by atomic mass is 35.5. The number of carbonyl (C=O) groups excluding carboxylic acids is 3. The highest BCUT2D eigenvalue weighted by Crippen LogP contribution is 2.51. The number of para-hydroxylation sites is 1. The van der Waals surface area contributed by atoms with Crippen LogP contribution in [0.4, 0.5) is 0 Å². The highest BCUT2D eigenvalue weighted by Gasteiger charge is 2.52. The number of rotatable bonds is 2. The van der Waals surface area contributed by atoms with Crippen LogP contribution in [0.2, 0.25) is 0 Å². The van der Waals surface area contributed by atoms with Crippen molar-refractivity contribution in [1.29, 1.82) is 0 Å². The Morgan fingerprint density at radius 3 is 2.52 bits per heavy atom. The molecule has 5 rings (SSSR count). The molecule has 178 valence electrons. The summed E-state index contributed by atoms with van der Waals surface area (Å²) in [6.45, 7) is 3.89. The molecule has 3 aliphatic rings. The maximum Gasteiger partial charge on any atom is 0.311 e. The number of nitrogens with zero attached hydrogens (tertiary/aromatic N) is 2. The molecule has 1 aromatic carbocycles. The molecule has 1 saturated carbocycles. The van der Waals surface area contributed by atoms with Crippen molar-refractivity contribution in [3.8, 4) is 0 Å². The van der Waals surface area contributed by atoms with Crippen molar-refractivity contribution in [3.63, 3.8) is 0 Å². The molecule has 7 nitrogen and oxygen atoms in total. The molecule has 2 aromatic rings. The second-order valence-electron chi connectivity index (χ2n) is 9.63. The Morgan fingerprint density at radius 1 is 1.12 bits per heavy atom. The van der Waals surface area contributed by atoms with Crippen LogP contribution < -0.4 is 0 Å². The van der Waals surface area contributed by atoms with Crippen LogP contribution in [0, 0.1) is 17.8 Å². The average molecular weight is 475 g/mol. The van der Waals surface area contributed by atoms with Gasteiger partial charge in [0.1, 0.15) is 5.78 Å². The van der Waals surface area contributed by atoms with Crippen LogP contribution in [0.3, 0.4) is 0 Å². The molecule has 0 amide bonds. The van der Waals surface area contributed by atoms with E-state index >= 15 is 0 Å². The molecule has 0 spiro atoms. The van der Waals surface area contributed by atoms with Crippen LogP contribution in [0.1, 0.15) is 55.2 Å². The number of aromatic nitrogens is 1. The van der Waals surface area contributed by atoms with Gasteiger partial charge in [0.05, 0.1) is 36.7 Å². The topological polar surface area (TPSA) is 88.8 Å². The summed E-state index contributed by atoms with van der Waals surface area (Å²) in [7, 11) is 1.37. The van der Waals surface area contributed by atoms with Gasteiger partial charge in [-0.05, 0) is 56.1 Å². The molecule has 0 radical (unpaired) electrons. The normalized spacial score (nSPS) is 31.0. The average Bonchev–Trinajstić information content (AvgIpc) is 3.11. The molecule has 0 bridgehead atoms. The number of esters is 1. The Hall–Kier alpha value is -2.22. The van der Waals surface area contributed by atoms with Crippen LogP contribution in [-0.2, 0) is 20.7 Å². The van der Waals surface area contributed by atoms with Crippen LogP contribution >= 0.6 is 12.4 Å². The quantitative estimate of drug-likeness (QED) is 0.672. The summed E-state index contributed by atoms with van der Waals surface area (Å²) < 4.78 is 6.86. The summed E-state index contributed by atoms with van der Waals surface area (Å²) in [4.78, 5) is 40.4. The third-order valence-corrected chi connectivity index (χ3v) is 8.05. The van der Waals surface area contributed by atoms with Crippen molar-refractivity contribution >= 4 is 41.0 Å². The van der Waals surface area contributed by atoms with Gasteiger partial charge in [0.25, 0.3) is 0 Å². The van der Waals surface area contributed by atoms with Crippen molar-refractivity contribution in [1.82, 2.24) is 9.47 Å². The van der Waals surface area contributed by atoms with E-state index in [1.165, 1.54) is 7.11 Å². The Balaban J connectivity index is 0.00000259. The predicted molar refractivity (Wildman–Crippen MR) is 125 cm³/mol. The summed E-state index contributed by atoms with van der Waals surface area (Å²) in [6.07, 6.45) is 1.85. The molecule has 8 heteroatoms. The fourth-order valence-electron chi connectivity index (χ4n) is 6.71. The number of hydrogen-bond donors (Lipinski definition) is 1. The molecular weight excluding hydrogens is 444 g/mol. The number of Topliss-reactive ketones (excluding diaryl/α,β-unsaturated/α-hetero) is 1. The van der Waals surface area contributed by atoms with Gasteiger partial charge in [-0.2, -0.15) is 0 Å². The lowest BCUT2D eigenvalue weighted by Gasteiger charge is -2.53. The lowest BCUT2D eigenvalue weighted by atomic mass is 9.64. The number of benzene rings is 1. The number of halogens is 1. The SMILES string of the molecule is COC(=O)[C@@H]1[C@H]2C[C@H]3c4c(c5ccccc5n4C(C)=O)CC(C(C)=O)N3C[C@@H]2CC[C@@H]1O.Cl. The maximum atomic E-state index is 12.8. The van der Waals surface area contributed by atoms with Crippen molar-refractivity contribution < 1.29 is 24.2 Å². The predicted octanol–water partition coefficient (Wildman–Crippen LogP) is 3.16. The summed E-state index contributed by atoms with van der Waals surface area (Å²) in [5, 5.41) is 11.7. The Kier molecular flexibility index (Phi) is 6.42. The van der Waals surface area contributed by atoms with Gasteiger partial charge < -0.3 is 9.84 Å². The van der Waals surface area contributed by atoms with Crippen LogP contribution in [-0.4, -0.2) is 58.0 Å². The van der Waals surface area contributed by atoms with Gasteiger partial charge in [0.15, 0.2) is 0 Å². The molecule has 1 aliphatic carbocycles. The minimum Gasteiger partial charge on any atom is -0.469 e. The van der Waals surface area contributed by atoms with E-state index in [0.29, 0.717) is 25.8 Å². The number of hydrogen-bond acceptors (Lipinski definition) is 6.